The van der Waals surface area contributed by atoms with E-state index in [2.05, 4.69) is 47.9 Å². The number of fused-ring (bicyclic) bond motifs is 1. The summed E-state index contributed by atoms with van der Waals surface area (Å²) in [6.45, 7) is 2.12. The second kappa shape index (κ2) is 3.63. The first-order valence-corrected chi connectivity index (χ1v) is 5.92. The van der Waals surface area contributed by atoms with Crippen molar-refractivity contribution in [1.82, 2.24) is 14.3 Å². The van der Waals surface area contributed by atoms with Gasteiger partial charge in [-0.1, -0.05) is 18.2 Å². The van der Waals surface area contributed by atoms with Gasteiger partial charge in [0.25, 0.3) is 0 Å². The number of nitrogen functional groups attached to an aromatic ring is 1. The van der Waals surface area contributed by atoms with Gasteiger partial charge >= 0.3 is 0 Å². The predicted molar refractivity (Wildman–Crippen MR) is 74.3 cm³/mol. The predicted octanol–water partition coefficient (Wildman–Crippen LogP) is 2.47. The molecule has 1 aromatic carbocycles. The Morgan fingerprint density at radius 1 is 1.22 bits per heavy atom. The number of benzene rings is 1. The molecule has 0 aliphatic rings. The molecule has 0 radical (unpaired) electrons. The maximum Gasteiger partial charge on any atom is 0.107 e. The van der Waals surface area contributed by atoms with Gasteiger partial charge in [0.05, 0.1) is 23.1 Å². The van der Waals surface area contributed by atoms with Gasteiger partial charge < -0.3 is 10.3 Å². The number of para-hydroxylation sites is 1. The Kier molecular flexibility index (Phi) is 2.20. The van der Waals surface area contributed by atoms with Crippen LogP contribution in [-0.4, -0.2) is 14.3 Å². The molecule has 92 valence electrons. The molecule has 0 amide bonds. The third-order valence-electron chi connectivity index (χ3n) is 3.47. The van der Waals surface area contributed by atoms with Crippen molar-refractivity contribution in [2.24, 2.45) is 14.1 Å². The van der Waals surface area contributed by atoms with E-state index in [9.17, 15) is 0 Å². The molecule has 0 aliphatic carbocycles. The minimum Gasteiger partial charge on any atom is -0.396 e. The minimum absolute atomic E-state index is 0.709. The lowest BCUT2D eigenvalue weighted by Crippen LogP contribution is -2.00. The lowest BCUT2D eigenvalue weighted by Gasteiger charge is -2.07. The molecular weight excluding hydrogens is 224 g/mol. The minimum atomic E-state index is 0.709. The number of nitrogens with zero attached hydrogens (tertiary/aromatic N) is 3. The monoisotopic (exact) mass is 240 g/mol. The Hall–Kier alpha value is -2.23. The number of rotatable bonds is 1. The maximum absolute atomic E-state index is 6.01. The van der Waals surface area contributed by atoms with Gasteiger partial charge in [0.15, 0.2) is 0 Å². The van der Waals surface area contributed by atoms with E-state index in [1.165, 1.54) is 16.5 Å². The van der Waals surface area contributed by atoms with Crippen LogP contribution in [0.1, 0.15) is 5.56 Å². The average Bonchev–Trinajstić information content (AvgIpc) is 2.82. The van der Waals surface area contributed by atoms with Crippen LogP contribution < -0.4 is 5.73 Å². The largest absolute Gasteiger partial charge is 0.396 e. The molecule has 3 aromatic rings. The van der Waals surface area contributed by atoms with E-state index in [0.29, 0.717) is 5.69 Å². The zero-order valence-electron chi connectivity index (χ0n) is 10.8. The maximum atomic E-state index is 6.01. The zero-order chi connectivity index (χ0) is 12.9. The van der Waals surface area contributed by atoms with Gasteiger partial charge in [0.2, 0.25) is 0 Å². The molecule has 2 N–H and O–H groups in total. The van der Waals surface area contributed by atoms with Crippen molar-refractivity contribution in [2.45, 2.75) is 6.92 Å². The first kappa shape index (κ1) is 10.9. The van der Waals surface area contributed by atoms with Crippen LogP contribution in [0, 0.1) is 6.92 Å². The second-order valence-electron chi connectivity index (χ2n) is 4.67. The fourth-order valence-electron chi connectivity index (χ4n) is 2.62. The molecule has 0 unspecified atom stereocenters. The highest BCUT2D eigenvalue weighted by Gasteiger charge is 2.14. The highest BCUT2D eigenvalue weighted by atomic mass is 15.3. The number of hydrogen-bond acceptors (Lipinski definition) is 2. The summed E-state index contributed by atoms with van der Waals surface area (Å²) >= 11 is 0. The van der Waals surface area contributed by atoms with Gasteiger partial charge in [-0.3, -0.25) is 4.68 Å². The van der Waals surface area contributed by atoms with E-state index in [4.69, 9.17) is 5.73 Å². The molecule has 0 saturated carbocycles. The Morgan fingerprint density at radius 2 is 2.00 bits per heavy atom. The van der Waals surface area contributed by atoms with Crippen molar-refractivity contribution in [3.63, 3.8) is 0 Å². The number of anilines is 1. The molecule has 0 saturated heterocycles. The molecule has 2 heterocycles. The third kappa shape index (κ3) is 1.35. The SMILES string of the molecule is Cc1cccc2cc(-c3c(N)cnn3C)n(C)c12. The summed E-state index contributed by atoms with van der Waals surface area (Å²) in [5, 5.41) is 5.43. The summed E-state index contributed by atoms with van der Waals surface area (Å²) in [4.78, 5) is 0. The summed E-state index contributed by atoms with van der Waals surface area (Å²) in [6, 6.07) is 8.49. The second-order valence-corrected chi connectivity index (χ2v) is 4.67. The number of hydrogen-bond donors (Lipinski definition) is 1. The van der Waals surface area contributed by atoms with E-state index in [1.807, 2.05) is 11.7 Å². The molecule has 0 atom stereocenters. The number of aromatic nitrogens is 3. The number of aryl methyl sites for hydroxylation is 3. The summed E-state index contributed by atoms with van der Waals surface area (Å²) < 4.78 is 4.00. The first-order chi connectivity index (χ1) is 8.59. The van der Waals surface area contributed by atoms with E-state index in [-0.39, 0.29) is 0 Å². The van der Waals surface area contributed by atoms with Crippen LogP contribution in [-0.2, 0) is 14.1 Å². The van der Waals surface area contributed by atoms with Gasteiger partial charge in [0.1, 0.15) is 5.69 Å². The van der Waals surface area contributed by atoms with Crippen LogP contribution in [0.4, 0.5) is 5.69 Å². The smallest absolute Gasteiger partial charge is 0.107 e. The van der Waals surface area contributed by atoms with Crippen LogP contribution in [0.25, 0.3) is 22.3 Å². The molecule has 18 heavy (non-hydrogen) atoms. The number of nitrogens with two attached hydrogens (primary N) is 1. The fourth-order valence-corrected chi connectivity index (χ4v) is 2.62. The Balaban J connectivity index is 2.38. The molecule has 4 nitrogen and oxygen atoms in total. The van der Waals surface area contributed by atoms with Crippen LogP contribution in [0.5, 0.6) is 0 Å². The third-order valence-corrected chi connectivity index (χ3v) is 3.47. The van der Waals surface area contributed by atoms with E-state index in [0.717, 1.165) is 11.4 Å². The summed E-state index contributed by atoms with van der Waals surface area (Å²) in [7, 11) is 3.98. The van der Waals surface area contributed by atoms with Gasteiger partial charge in [0, 0.05) is 19.5 Å². The molecule has 0 aliphatic heterocycles. The topological polar surface area (TPSA) is 48.8 Å². The summed E-state index contributed by atoms with van der Waals surface area (Å²) in [5.74, 6) is 0. The Morgan fingerprint density at radius 3 is 2.61 bits per heavy atom. The molecule has 4 heteroatoms. The Labute approximate surface area is 106 Å². The first-order valence-electron chi connectivity index (χ1n) is 5.92. The van der Waals surface area contributed by atoms with Crippen molar-refractivity contribution in [1.29, 1.82) is 0 Å². The highest BCUT2D eigenvalue weighted by molar-refractivity contribution is 5.90. The molecule has 2 aromatic heterocycles. The van der Waals surface area contributed by atoms with E-state index >= 15 is 0 Å². The normalized spacial score (nSPS) is 11.3. The van der Waals surface area contributed by atoms with Crippen molar-refractivity contribution >= 4 is 16.6 Å². The van der Waals surface area contributed by atoms with Gasteiger partial charge in [-0.2, -0.15) is 5.10 Å². The van der Waals surface area contributed by atoms with Crippen LogP contribution in [0.3, 0.4) is 0 Å². The van der Waals surface area contributed by atoms with Crippen molar-refractivity contribution in [2.75, 3.05) is 5.73 Å². The van der Waals surface area contributed by atoms with Crippen LogP contribution in [0.2, 0.25) is 0 Å². The van der Waals surface area contributed by atoms with E-state index in [1.54, 1.807) is 6.20 Å². The fraction of sp³-hybridized carbons (Fsp3) is 0.214. The van der Waals surface area contributed by atoms with Crippen molar-refractivity contribution in [3.05, 3.63) is 36.0 Å². The van der Waals surface area contributed by atoms with Gasteiger partial charge in [-0.05, 0) is 18.6 Å². The lowest BCUT2D eigenvalue weighted by atomic mass is 10.1. The van der Waals surface area contributed by atoms with Crippen molar-refractivity contribution < 1.29 is 0 Å². The van der Waals surface area contributed by atoms with Crippen LogP contribution in [0.15, 0.2) is 30.5 Å². The zero-order valence-corrected chi connectivity index (χ0v) is 10.8. The molecule has 0 fully saturated rings. The van der Waals surface area contributed by atoms with Crippen molar-refractivity contribution in [3.8, 4) is 11.4 Å². The lowest BCUT2D eigenvalue weighted by molar-refractivity contribution is 0.768. The van der Waals surface area contributed by atoms with Crippen LogP contribution >= 0.6 is 0 Å². The quantitative estimate of drug-likeness (QED) is 0.710. The molecular formula is C14H16N4. The summed E-state index contributed by atoms with van der Waals surface area (Å²) in [5.41, 5.74) is 11.3. The molecule has 3 rings (SSSR count). The Bertz CT molecular complexity index is 714. The standard InChI is InChI=1S/C14H16N4/c1-9-5-4-6-10-7-12(17(2)13(9)10)14-11(15)8-16-18(14)3/h4-8H,15H2,1-3H3. The average molecular weight is 240 g/mol. The van der Waals surface area contributed by atoms with Gasteiger partial charge in [-0.15, -0.1) is 0 Å². The molecule has 0 bridgehead atoms. The van der Waals surface area contributed by atoms with E-state index < -0.39 is 0 Å². The summed E-state index contributed by atoms with van der Waals surface area (Å²) in [6.07, 6.45) is 1.69. The highest BCUT2D eigenvalue weighted by Crippen LogP contribution is 2.31. The molecule has 0 spiro atoms. The van der Waals surface area contributed by atoms with Gasteiger partial charge in [-0.25, -0.2) is 0 Å².